The van der Waals surface area contributed by atoms with Gasteiger partial charge in [-0.2, -0.15) is 0 Å². The van der Waals surface area contributed by atoms with Crippen LogP contribution in [0.25, 0.3) is 5.31 Å². The number of rotatable bonds is 5. The minimum atomic E-state index is -0.597. The molecule has 0 amide bonds. The number of hydrogen-bond donors (Lipinski definition) is 0. The van der Waals surface area contributed by atoms with Gasteiger partial charge in [-0.05, 0) is 41.4 Å². The molecule has 0 spiro atoms. The van der Waals surface area contributed by atoms with Gasteiger partial charge in [0.15, 0.2) is 0 Å². The predicted molar refractivity (Wildman–Crippen MR) is 104 cm³/mol. The van der Waals surface area contributed by atoms with Crippen molar-refractivity contribution < 1.29 is 0 Å². The van der Waals surface area contributed by atoms with Gasteiger partial charge in [-0.15, -0.1) is 0 Å². The van der Waals surface area contributed by atoms with Crippen molar-refractivity contribution in [3.63, 3.8) is 0 Å². The molecule has 0 saturated heterocycles. The summed E-state index contributed by atoms with van der Waals surface area (Å²) in [6.07, 6.45) is 1.07. The highest BCUT2D eigenvalue weighted by molar-refractivity contribution is 7.82. The van der Waals surface area contributed by atoms with Crippen LogP contribution in [0.5, 0.6) is 0 Å². The maximum atomic E-state index is 4.46. The van der Waals surface area contributed by atoms with Crippen molar-refractivity contribution in [2.24, 2.45) is 0 Å². The molecule has 0 aliphatic carbocycles. The third-order valence-corrected chi connectivity index (χ3v) is 6.42. The first-order valence-electron chi connectivity index (χ1n) is 7.98. The molecule has 114 valence electrons. The van der Waals surface area contributed by atoms with E-state index in [1.165, 1.54) is 27.1 Å². The Labute approximate surface area is 140 Å². The van der Waals surface area contributed by atoms with Crippen LogP contribution in [-0.2, 0) is 6.42 Å². The highest BCUT2D eigenvalue weighted by Crippen LogP contribution is 2.47. The maximum Gasteiger partial charge on any atom is -0.0134 e. The molecule has 23 heavy (non-hydrogen) atoms. The second kappa shape index (κ2) is 7.40. The van der Waals surface area contributed by atoms with Gasteiger partial charge >= 0.3 is 0 Å². The summed E-state index contributed by atoms with van der Waals surface area (Å²) in [7, 11) is -0.597. The largest absolute Gasteiger partial charge is 0.0900 e. The Morgan fingerprint density at radius 1 is 0.739 bits per heavy atom. The predicted octanol–water partition coefficient (Wildman–Crippen LogP) is 5.35. The summed E-state index contributed by atoms with van der Waals surface area (Å²) in [6, 6.07) is 30.3. The van der Waals surface area contributed by atoms with E-state index in [0.29, 0.717) is 0 Å². The molecule has 0 nitrogen and oxygen atoms in total. The molecule has 0 bridgehead atoms. The van der Waals surface area contributed by atoms with E-state index in [1.807, 2.05) is 0 Å². The Hall–Kier alpha value is -2.17. The van der Waals surface area contributed by atoms with E-state index in [1.54, 1.807) is 0 Å². The van der Waals surface area contributed by atoms with Crippen molar-refractivity contribution in [2.45, 2.75) is 13.3 Å². The second-order valence-electron chi connectivity index (χ2n) is 5.50. The van der Waals surface area contributed by atoms with Crippen molar-refractivity contribution in [3.8, 4) is 0 Å². The summed E-state index contributed by atoms with van der Waals surface area (Å²) in [5, 5.41) is 3.90. The molecule has 0 heterocycles. The van der Waals surface area contributed by atoms with Crippen LogP contribution < -0.4 is 10.6 Å². The van der Waals surface area contributed by atoms with E-state index in [0.717, 1.165) is 6.42 Å². The van der Waals surface area contributed by atoms with E-state index in [4.69, 9.17) is 0 Å². The van der Waals surface area contributed by atoms with Gasteiger partial charge in [0.25, 0.3) is 0 Å². The average molecular weight is 316 g/mol. The van der Waals surface area contributed by atoms with Crippen molar-refractivity contribution in [3.05, 3.63) is 103 Å². The Morgan fingerprint density at radius 3 is 1.65 bits per heavy atom. The van der Waals surface area contributed by atoms with Crippen LogP contribution in [0, 0.1) is 0 Å². The van der Waals surface area contributed by atoms with Gasteiger partial charge in [-0.3, -0.25) is 0 Å². The van der Waals surface area contributed by atoms with Crippen LogP contribution in [0.15, 0.2) is 91.5 Å². The van der Waals surface area contributed by atoms with Gasteiger partial charge in [-0.1, -0.05) is 98.4 Å². The van der Waals surface area contributed by atoms with Gasteiger partial charge in [-0.25, -0.2) is 0 Å². The first-order chi connectivity index (χ1) is 11.3. The fourth-order valence-corrected chi connectivity index (χ4v) is 4.95. The van der Waals surface area contributed by atoms with Crippen LogP contribution in [0.4, 0.5) is 0 Å². The van der Waals surface area contributed by atoms with Gasteiger partial charge in [0.1, 0.15) is 0 Å². The standard InChI is InChI=1S/C22H21P/c1-3-19-14-16-20(17-15-19)18(2)23(21-10-6-4-7-11-21)22-12-8-5-9-13-22/h4-17H,2-3H2,1H3. The molecule has 3 aromatic carbocycles. The number of benzene rings is 3. The van der Waals surface area contributed by atoms with Gasteiger partial charge < -0.3 is 0 Å². The molecule has 0 fully saturated rings. The Bertz CT molecular complexity index is 719. The third-order valence-electron chi connectivity index (χ3n) is 3.99. The van der Waals surface area contributed by atoms with Crippen LogP contribution in [-0.4, -0.2) is 0 Å². The Kier molecular flexibility index (Phi) is 5.05. The molecule has 0 atom stereocenters. The SMILES string of the molecule is C=C(c1ccc(CC)cc1)P(c1ccccc1)c1ccccc1. The van der Waals surface area contributed by atoms with Crippen LogP contribution >= 0.6 is 7.92 Å². The lowest BCUT2D eigenvalue weighted by molar-refractivity contribution is 1.14. The molecule has 0 unspecified atom stereocenters. The van der Waals surface area contributed by atoms with Gasteiger partial charge in [0, 0.05) is 0 Å². The summed E-state index contributed by atoms with van der Waals surface area (Å²) in [4.78, 5) is 0. The molecule has 1 heteroatoms. The third kappa shape index (κ3) is 3.60. The van der Waals surface area contributed by atoms with E-state index in [2.05, 4.69) is 98.4 Å². The zero-order valence-corrected chi connectivity index (χ0v) is 14.3. The van der Waals surface area contributed by atoms with Gasteiger partial charge in [0.2, 0.25) is 0 Å². The molecule has 0 aromatic heterocycles. The van der Waals surface area contributed by atoms with E-state index < -0.39 is 7.92 Å². The minimum absolute atomic E-state index is 0.597. The normalized spacial score (nSPS) is 10.7. The summed E-state index contributed by atoms with van der Waals surface area (Å²) < 4.78 is 0. The second-order valence-corrected chi connectivity index (χ2v) is 7.75. The first kappa shape index (κ1) is 15.7. The van der Waals surface area contributed by atoms with Crippen molar-refractivity contribution in [1.82, 2.24) is 0 Å². The molecule has 0 saturated carbocycles. The molecule has 3 aromatic rings. The summed E-state index contributed by atoms with van der Waals surface area (Å²) in [5.41, 5.74) is 2.60. The van der Waals surface area contributed by atoms with Crippen LogP contribution in [0.1, 0.15) is 18.1 Å². The van der Waals surface area contributed by atoms with E-state index >= 15 is 0 Å². The monoisotopic (exact) mass is 316 g/mol. The molecule has 0 N–H and O–H groups in total. The molecular weight excluding hydrogens is 295 g/mol. The zero-order valence-electron chi connectivity index (χ0n) is 13.4. The summed E-state index contributed by atoms with van der Waals surface area (Å²) in [6.45, 7) is 6.65. The summed E-state index contributed by atoms with van der Waals surface area (Å²) >= 11 is 0. The lowest BCUT2D eigenvalue weighted by Gasteiger charge is -2.21. The fourth-order valence-electron chi connectivity index (χ4n) is 2.68. The smallest absolute Gasteiger partial charge is 0.0134 e. The lowest BCUT2D eigenvalue weighted by atomic mass is 10.1. The lowest BCUT2D eigenvalue weighted by Crippen LogP contribution is -2.12. The Balaban J connectivity index is 2.02. The van der Waals surface area contributed by atoms with Crippen molar-refractivity contribution in [1.29, 1.82) is 0 Å². The number of aryl methyl sites for hydroxylation is 1. The minimum Gasteiger partial charge on any atom is -0.0900 e. The maximum absolute atomic E-state index is 4.46. The average Bonchev–Trinajstić information content (AvgIpc) is 2.64. The fraction of sp³-hybridized carbons (Fsp3) is 0.0909. The molecule has 0 radical (unpaired) electrons. The molecule has 0 aliphatic heterocycles. The van der Waals surface area contributed by atoms with E-state index in [9.17, 15) is 0 Å². The highest BCUT2D eigenvalue weighted by atomic mass is 31.1. The van der Waals surface area contributed by atoms with Crippen LogP contribution in [0.3, 0.4) is 0 Å². The highest BCUT2D eigenvalue weighted by Gasteiger charge is 2.18. The number of hydrogen-bond acceptors (Lipinski definition) is 0. The molecule has 0 aliphatic rings. The molecular formula is C22H21P. The zero-order chi connectivity index (χ0) is 16.1. The van der Waals surface area contributed by atoms with Crippen molar-refractivity contribution >= 4 is 23.8 Å². The van der Waals surface area contributed by atoms with Crippen LogP contribution in [0.2, 0.25) is 0 Å². The van der Waals surface area contributed by atoms with Crippen molar-refractivity contribution in [2.75, 3.05) is 0 Å². The molecule has 3 rings (SSSR count). The van der Waals surface area contributed by atoms with E-state index in [-0.39, 0.29) is 0 Å². The Morgan fingerprint density at radius 2 is 1.22 bits per heavy atom. The topological polar surface area (TPSA) is 0 Å². The van der Waals surface area contributed by atoms with Gasteiger partial charge in [0.05, 0.1) is 0 Å². The first-order valence-corrected chi connectivity index (χ1v) is 9.32. The summed E-state index contributed by atoms with van der Waals surface area (Å²) in [5.74, 6) is 0. The quantitative estimate of drug-likeness (QED) is 0.556.